The lowest BCUT2D eigenvalue weighted by atomic mass is 10.1. The third-order valence-electron chi connectivity index (χ3n) is 2.02. The number of methoxy groups -OCH3 is 1. The fourth-order valence-corrected chi connectivity index (χ4v) is 1.11. The molecular formula is C13H13NO2. The number of nitrogens with zero attached hydrogens (tertiary/aromatic N) is 1. The maximum Gasteiger partial charge on any atom is 0.163 e. The van der Waals surface area contributed by atoms with Crippen LogP contribution in [0, 0.1) is 23.7 Å². The molecule has 0 bridgehead atoms. The summed E-state index contributed by atoms with van der Waals surface area (Å²) in [6.07, 6.45) is 5.33. The molecule has 0 aliphatic carbocycles. The molecule has 0 unspecified atom stereocenters. The summed E-state index contributed by atoms with van der Waals surface area (Å²) < 4.78 is 10.6. The molecule has 82 valence electrons. The van der Waals surface area contributed by atoms with Crippen molar-refractivity contribution < 1.29 is 9.47 Å². The first-order valence-corrected chi connectivity index (χ1v) is 4.77. The van der Waals surface area contributed by atoms with Gasteiger partial charge in [0.05, 0.1) is 12.7 Å². The van der Waals surface area contributed by atoms with Gasteiger partial charge in [0.25, 0.3) is 0 Å². The van der Waals surface area contributed by atoms with E-state index in [1.54, 1.807) is 39.2 Å². The zero-order valence-electron chi connectivity index (χ0n) is 9.57. The van der Waals surface area contributed by atoms with Crippen LogP contribution >= 0.6 is 0 Å². The van der Waals surface area contributed by atoms with E-state index in [-0.39, 0.29) is 0 Å². The third-order valence-corrected chi connectivity index (χ3v) is 2.02. The average molecular weight is 215 g/mol. The summed E-state index contributed by atoms with van der Waals surface area (Å²) in [7, 11) is 1.55. The Hall–Kier alpha value is -2.13. The molecule has 0 amide bonds. The summed E-state index contributed by atoms with van der Waals surface area (Å²) >= 11 is 0. The molecule has 0 atom stereocenters. The molecule has 0 aromatic heterocycles. The minimum absolute atomic E-state index is 0.434. The third kappa shape index (κ3) is 2.68. The summed E-state index contributed by atoms with van der Waals surface area (Å²) in [5.74, 6) is 3.57. The van der Waals surface area contributed by atoms with Crippen molar-refractivity contribution >= 4 is 0 Å². The largest absolute Gasteiger partial charge is 0.497 e. The van der Waals surface area contributed by atoms with Crippen LogP contribution in [-0.2, 0) is 0 Å². The molecule has 0 spiro atoms. The topological polar surface area (TPSA) is 42.2 Å². The monoisotopic (exact) mass is 215 g/mol. The van der Waals surface area contributed by atoms with Crippen LogP contribution < -0.4 is 9.47 Å². The molecule has 0 aliphatic heterocycles. The van der Waals surface area contributed by atoms with Crippen molar-refractivity contribution in [3.8, 4) is 29.9 Å². The molecule has 0 fully saturated rings. The first-order chi connectivity index (χ1) is 7.52. The van der Waals surface area contributed by atoms with Crippen molar-refractivity contribution in [3.63, 3.8) is 0 Å². The van der Waals surface area contributed by atoms with E-state index in [2.05, 4.69) is 5.92 Å². The molecule has 0 saturated heterocycles. The van der Waals surface area contributed by atoms with Gasteiger partial charge in [-0.05, 0) is 26.0 Å². The lowest BCUT2D eigenvalue weighted by molar-refractivity contribution is 0.171. The summed E-state index contributed by atoms with van der Waals surface area (Å²) in [5.41, 5.74) is -0.318. The Morgan fingerprint density at radius 3 is 2.56 bits per heavy atom. The number of nitriles is 1. The van der Waals surface area contributed by atoms with Crippen molar-refractivity contribution in [2.45, 2.75) is 19.4 Å². The number of terminal acetylenes is 1. The minimum Gasteiger partial charge on any atom is -0.497 e. The number of ether oxygens (including phenoxy) is 2. The van der Waals surface area contributed by atoms with Gasteiger partial charge in [0, 0.05) is 6.07 Å². The maximum absolute atomic E-state index is 8.93. The van der Waals surface area contributed by atoms with Gasteiger partial charge < -0.3 is 9.47 Å². The minimum atomic E-state index is -0.752. The van der Waals surface area contributed by atoms with Crippen molar-refractivity contribution in [1.82, 2.24) is 0 Å². The quantitative estimate of drug-likeness (QED) is 0.727. The smallest absolute Gasteiger partial charge is 0.163 e. The van der Waals surface area contributed by atoms with Gasteiger partial charge in [-0.2, -0.15) is 5.26 Å². The molecule has 0 saturated carbocycles. The summed E-state index contributed by atoms with van der Waals surface area (Å²) in [5, 5.41) is 8.93. The Bertz CT molecular complexity index is 464. The second-order valence-corrected chi connectivity index (χ2v) is 3.73. The Balaban J connectivity index is 3.12. The van der Waals surface area contributed by atoms with Gasteiger partial charge in [0.1, 0.15) is 17.6 Å². The molecule has 1 aromatic rings. The van der Waals surface area contributed by atoms with Gasteiger partial charge in [0.2, 0.25) is 0 Å². The highest BCUT2D eigenvalue weighted by Gasteiger charge is 2.18. The van der Waals surface area contributed by atoms with Crippen molar-refractivity contribution in [3.05, 3.63) is 23.8 Å². The van der Waals surface area contributed by atoms with Crippen molar-refractivity contribution in [2.24, 2.45) is 0 Å². The van der Waals surface area contributed by atoms with E-state index in [0.717, 1.165) is 0 Å². The molecule has 0 heterocycles. The molecular weight excluding hydrogens is 202 g/mol. The van der Waals surface area contributed by atoms with Crippen LogP contribution in [0.5, 0.6) is 11.5 Å². The summed E-state index contributed by atoms with van der Waals surface area (Å²) in [6, 6.07) is 7.04. The lowest BCUT2D eigenvalue weighted by Crippen LogP contribution is -2.25. The highest BCUT2D eigenvalue weighted by atomic mass is 16.5. The summed E-state index contributed by atoms with van der Waals surface area (Å²) in [6.45, 7) is 3.52. The second-order valence-electron chi connectivity index (χ2n) is 3.73. The normalized spacial score (nSPS) is 10.1. The fraction of sp³-hybridized carbons (Fsp3) is 0.308. The number of benzene rings is 1. The van der Waals surface area contributed by atoms with Crippen molar-refractivity contribution in [2.75, 3.05) is 7.11 Å². The van der Waals surface area contributed by atoms with Crippen molar-refractivity contribution in [1.29, 1.82) is 5.26 Å². The van der Waals surface area contributed by atoms with Gasteiger partial charge in [0.15, 0.2) is 5.60 Å². The van der Waals surface area contributed by atoms with Crippen LogP contribution in [0.4, 0.5) is 0 Å². The second kappa shape index (κ2) is 4.59. The number of rotatable bonds is 3. The van der Waals surface area contributed by atoms with Gasteiger partial charge in [-0.1, -0.05) is 5.92 Å². The van der Waals surface area contributed by atoms with Gasteiger partial charge in [-0.15, -0.1) is 6.42 Å². The molecule has 0 N–H and O–H groups in total. The molecule has 16 heavy (non-hydrogen) atoms. The van der Waals surface area contributed by atoms with E-state index < -0.39 is 5.60 Å². The van der Waals surface area contributed by atoms with E-state index in [0.29, 0.717) is 17.1 Å². The zero-order valence-corrected chi connectivity index (χ0v) is 9.57. The molecule has 0 aliphatic rings. The Morgan fingerprint density at radius 2 is 2.06 bits per heavy atom. The molecule has 1 aromatic carbocycles. The highest BCUT2D eigenvalue weighted by molar-refractivity contribution is 5.48. The number of hydrogen-bond donors (Lipinski definition) is 0. The SMILES string of the molecule is C#CC(C)(C)Oc1cc(OC)ccc1C#N. The van der Waals surface area contributed by atoms with Crippen LogP contribution in [0.1, 0.15) is 19.4 Å². The summed E-state index contributed by atoms with van der Waals surface area (Å²) in [4.78, 5) is 0. The predicted molar refractivity (Wildman–Crippen MR) is 61.2 cm³/mol. The lowest BCUT2D eigenvalue weighted by Gasteiger charge is -2.21. The first kappa shape index (κ1) is 11.9. The van der Waals surface area contributed by atoms with Crippen LogP contribution in [0.3, 0.4) is 0 Å². The van der Waals surface area contributed by atoms with Crippen LogP contribution in [0.25, 0.3) is 0 Å². The van der Waals surface area contributed by atoms with Crippen LogP contribution in [-0.4, -0.2) is 12.7 Å². The van der Waals surface area contributed by atoms with E-state index >= 15 is 0 Å². The first-order valence-electron chi connectivity index (χ1n) is 4.77. The van der Waals surface area contributed by atoms with Crippen LogP contribution in [0.2, 0.25) is 0 Å². The van der Waals surface area contributed by atoms with Gasteiger partial charge >= 0.3 is 0 Å². The molecule has 3 heteroatoms. The van der Waals surface area contributed by atoms with E-state index in [4.69, 9.17) is 21.2 Å². The standard InChI is InChI=1S/C13H13NO2/c1-5-13(2,3)16-12-8-11(15-4)7-6-10(12)9-14/h1,6-8H,2-4H3. The molecule has 3 nitrogen and oxygen atoms in total. The number of hydrogen-bond acceptors (Lipinski definition) is 3. The van der Waals surface area contributed by atoms with Gasteiger partial charge in [-0.3, -0.25) is 0 Å². The maximum atomic E-state index is 8.93. The predicted octanol–water partition coefficient (Wildman–Crippen LogP) is 2.36. The van der Waals surface area contributed by atoms with Gasteiger partial charge in [-0.25, -0.2) is 0 Å². The average Bonchev–Trinajstić information content (AvgIpc) is 2.28. The van der Waals surface area contributed by atoms with Crippen LogP contribution in [0.15, 0.2) is 18.2 Å². The Kier molecular flexibility index (Phi) is 3.43. The van der Waals surface area contributed by atoms with E-state index in [1.165, 1.54) is 0 Å². The Labute approximate surface area is 95.6 Å². The highest BCUT2D eigenvalue weighted by Crippen LogP contribution is 2.27. The Morgan fingerprint density at radius 1 is 1.38 bits per heavy atom. The van der Waals surface area contributed by atoms with E-state index in [1.807, 2.05) is 6.07 Å². The van der Waals surface area contributed by atoms with E-state index in [9.17, 15) is 0 Å². The fourth-order valence-electron chi connectivity index (χ4n) is 1.11. The molecule has 0 radical (unpaired) electrons. The molecule has 1 rings (SSSR count). The zero-order chi connectivity index (χ0) is 12.2.